The molecule has 0 spiro atoms. The van der Waals surface area contributed by atoms with Gasteiger partial charge in [-0.1, -0.05) is 19.1 Å². The van der Waals surface area contributed by atoms with Gasteiger partial charge in [-0.05, 0) is 55.2 Å². The van der Waals surface area contributed by atoms with E-state index in [2.05, 4.69) is 57.9 Å². The van der Waals surface area contributed by atoms with Crippen molar-refractivity contribution < 1.29 is 4.74 Å². The summed E-state index contributed by atoms with van der Waals surface area (Å²) in [5.74, 6) is 3.47. The summed E-state index contributed by atoms with van der Waals surface area (Å²) < 4.78 is 5.83. The molecule has 5 rings (SSSR count). The summed E-state index contributed by atoms with van der Waals surface area (Å²) in [4.78, 5) is 13.6. The van der Waals surface area contributed by atoms with Crippen molar-refractivity contribution >= 4 is 5.69 Å². The summed E-state index contributed by atoms with van der Waals surface area (Å²) >= 11 is 0. The molecule has 0 bridgehead atoms. The third kappa shape index (κ3) is 2.79. The van der Waals surface area contributed by atoms with E-state index in [9.17, 15) is 0 Å². The molecule has 1 aromatic carbocycles. The van der Waals surface area contributed by atoms with Gasteiger partial charge in [-0.3, -0.25) is 4.90 Å². The first-order valence-corrected chi connectivity index (χ1v) is 10.7. The van der Waals surface area contributed by atoms with E-state index in [1.165, 1.54) is 18.4 Å². The topological polar surface area (TPSA) is 41.5 Å². The molecule has 1 saturated heterocycles. The minimum atomic E-state index is 0.221. The Bertz CT molecular complexity index is 806. The molecule has 3 aliphatic rings. The Balaban J connectivity index is 1.40. The third-order valence-electron chi connectivity index (χ3n) is 7.14. The van der Waals surface area contributed by atoms with Crippen LogP contribution in [-0.2, 0) is 5.54 Å². The van der Waals surface area contributed by atoms with Crippen molar-refractivity contribution in [2.45, 2.75) is 32.2 Å². The zero-order valence-corrected chi connectivity index (χ0v) is 16.9. The highest BCUT2D eigenvalue weighted by molar-refractivity contribution is 5.44. The van der Waals surface area contributed by atoms with Gasteiger partial charge in [0.15, 0.2) is 0 Å². The van der Waals surface area contributed by atoms with Crippen LogP contribution in [0.2, 0.25) is 0 Å². The lowest BCUT2D eigenvalue weighted by molar-refractivity contribution is 0.124. The van der Waals surface area contributed by atoms with Crippen LogP contribution in [0.25, 0.3) is 0 Å². The van der Waals surface area contributed by atoms with Gasteiger partial charge in [0.1, 0.15) is 12.1 Å². The molecule has 2 heterocycles. The van der Waals surface area contributed by atoms with Crippen LogP contribution >= 0.6 is 0 Å². The molecular formula is C23H30N4O. The second-order valence-electron chi connectivity index (χ2n) is 8.65. The summed E-state index contributed by atoms with van der Waals surface area (Å²) in [6.07, 6.45) is 8.17. The Kier molecular flexibility index (Phi) is 4.50. The Morgan fingerprint density at radius 3 is 2.46 bits per heavy atom. The first-order chi connectivity index (χ1) is 13.7. The molecule has 1 aliphatic heterocycles. The second-order valence-corrected chi connectivity index (χ2v) is 8.65. The van der Waals surface area contributed by atoms with E-state index in [4.69, 9.17) is 4.74 Å². The number of ether oxygens (including phenoxy) is 1. The molecule has 2 saturated carbocycles. The fraction of sp³-hybridized carbons (Fsp3) is 0.565. The Hall–Kier alpha value is -2.14. The lowest BCUT2D eigenvalue weighted by atomic mass is 9.89. The zero-order chi connectivity index (χ0) is 19.1. The highest BCUT2D eigenvalue weighted by Crippen LogP contribution is 2.70. The number of anilines is 1. The second kappa shape index (κ2) is 7.03. The summed E-state index contributed by atoms with van der Waals surface area (Å²) in [6, 6.07) is 8.92. The van der Waals surface area contributed by atoms with E-state index >= 15 is 0 Å². The highest BCUT2D eigenvalue weighted by atomic mass is 16.5. The minimum Gasteiger partial charge on any atom is -0.494 e. The number of hydrogen-bond donors (Lipinski definition) is 0. The van der Waals surface area contributed by atoms with E-state index in [0.717, 1.165) is 62.0 Å². The third-order valence-corrected chi connectivity index (χ3v) is 7.14. The average Bonchev–Trinajstić information content (AvgIpc) is 3.16. The largest absolute Gasteiger partial charge is 0.494 e. The molecule has 2 aliphatic carbocycles. The normalized spacial score (nSPS) is 32.2. The van der Waals surface area contributed by atoms with Crippen molar-refractivity contribution in [1.82, 2.24) is 14.9 Å². The predicted molar refractivity (Wildman–Crippen MR) is 110 cm³/mol. The zero-order valence-electron chi connectivity index (χ0n) is 16.9. The van der Waals surface area contributed by atoms with Gasteiger partial charge >= 0.3 is 0 Å². The molecule has 5 heteroatoms. The van der Waals surface area contributed by atoms with Crippen LogP contribution in [0.15, 0.2) is 43.0 Å². The quantitative estimate of drug-likeness (QED) is 0.796. The monoisotopic (exact) mass is 378 g/mol. The lowest BCUT2D eigenvalue weighted by Crippen LogP contribution is -2.52. The minimum absolute atomic E-state index is 0.221. The van der Waals surface area contributed by atoms with E-state index in [1.54, 1.807) is 6.33 Å². The summed E-state index contributed by atoms with van der Waals surface area (Å²) in [7, 11) is 0. The molecule has 28 heavy (non-hydrogen) atoms. The number of benzene rings is 1. The van der Waals surface area contributed by atoms with Crippen LogP contribution in [0.3, 0.4) is 0 Å². The van der Waals surface area contributed by atoms with Crippen molar-refractivity contribution in [3.05, 3.63) is 48.5 Å². The smallest absolute Gasteiger partial charge is 0.119 e. The van der Waals surface area contributed by atoms with Crippen LogP contribution in [0, 0.1) is 17.8 Å². The van der Waals surface area contributed by atoms with Crippen LogP contribution in [-0.4, -0.2) is 47.7 Å². The maximum absolute atomic E-state index is 5.83. The standard InChI is InChI=1S/C23H30N4O/c1-3-28-20-6-4-5-18(13-20)23(21-11-17(2)12-22(21)23)27-9-7-26(8-10-27)19-14-24-16-25-15-19/h4-6,13-17,21-22H,3,7-12H2,1-2H3. The van der Waals surface area contributed by atoms with Gasteiger partial charge in [-0.25, -0.2) is 9.97 Å². The molecule has 3 fully saturated rings. The summed E-state index contributed by atoms with van der Waals surface area (Å²) in [5.41, 5.74) is 2.83. The molecule has 5 nitrogen and oxygen atoms in total. The molecule has 0 radical (unpaired) electrons. The van der Waals surface area contributed by atoms with Gasteiger partial charge in [0, 0.05) is 26.2 Å². The fourth-order valence-corrected chi connectivity index (χ4v) is 6.04. The Morgan fingerprint density at radius 1 is 1.07 bits per heavy atom. The van der Waals surface area contributed by atoms with Gasteiger partial charge in [0.25, 0.3) is 0 Å². The van der Waals surface area contributed by atoms with Gasteiger partial charge in [0.2, 0.25) is 0 Å². The first kappa shape index (κ1) is 17.9. The van der Waals surface area contributed by atoms with E-state index in [0.29, 0.717) is 0 Å². The number of hydrogen-bond acceptors (Lipinski definition) is 5. The maximum Gasteiger partial charge on any atom is 0.119 e. The van der Waals surface area contributed by atoms with Crippen LogP contribution in [0.4, 0.5) is 5.69 Å². The van der Waals surface area contributed by atoms with Gasteiger partial charge < -0.3 is 9.64 Å². The van der Waals surface area contributed by atoms with E-state index in [1.807, 2.05) is 12.4 Å². The molecular weight excluding hydrogens is 348 g/mol. The van der Waals surface area contributed by atoms with Crippen molar-refractivity contribution in [2.24, 2.45) is 17.8 Å². The van der Waals surface area contributed by atoms with Gasteiger partial charge in [-0.15, -0.1) is 0 Å². The molecule has 1 aromatic heterocycles. The molecule has 0 N–H and O–H groups in total. The predicted octanol–water partition coefficient (Wildman–Crippen LogP) is 3.57. The van der Waals surface area contributed by atoms with Crippen molar-refractivity contribution in [1.29, 1.82) is 0 Å². The number of nitrogens with zero attached hydrogens (tertiary/aromatic N) is 4. The van der Waals surface area contributed by atoms with Crippen LogP contribution in [0.5, 0.6) is 5.75 Å². The Morgan fingerprint density at radius 2 is 1.79 bits per heavy atom. The Labute approximate surface area is 167 Å². The van der Waals surface area contributed by atoms with Crippen molar-refractivity contribution in [2.75, 3.05) is 37.7 Å². The summed E-state index contributed by atoms with van der Waals surface area (Å²) in [5, 5.41) is 0. The number of fused-ring (bicyclic) bond motifs is 1. The number of piperazine rings is 1. The molecule has 148 valence electrons. The maximum atomic E-state index is 5.83. The fourth-order valence-electron chi connectivity index (χ4n) is 6.04. The number of rotatable bonds is 5. The summed E-state index contributed by atoms with van der Waals surface area (Å²) in [6.45, 7) is 9.45. The van der Waals surface area contributed by atoms with Crippen LogP contribution < -0.4 is 9.64 Å². The van der Waals surface area contributed by atoms with Crippen molar-refractivity contribution in [3.63, 3.8) is 0 Å². The van der Waals surface area contributed by atoms with E-state index in [-0.39, 0.29) is 5.54 Å². The number of aromatic nitrogens is 2. The van der Waals surface area contributed by atoms with Crippen molar-refractivity contribution in [3.8, 4) is 5.75 Å². The SMILES string of the molecule is CCOc1cccc(C2(N3CCN(c4cncnc4)CC3)C3CC(C)CC32)c1. The first-order valence-electron chi connectivity index (χ1n) is 10.7. The van der Waals surface area contributed by atoms with Gasteiger partial charge in [-0.2, -0.15) is 0 Å². The molecule has 2 atom stereocenters. The van der Waals surface area contributed by atoms with Gasteiger partial charge in [0.05, 0.1) is 30.2 Å². The molecule has 0 amide bonds. The van der Waals surface area contributed by atoms with Crippen LogP contribution in [0.1, 0.15) is 32.3 Å². The molecule has 2 unspecified atom stereocenters. The van der Waals surface area contributed by atoms with E-state index < -0.39 is 0 Å². The lowest BCUT2D eigenvalue weighted by Gasteiger charge is -2.43. The molecule has 2 aromatic rings. The average molecular weight is 379 g/mol. The highest BCUT2D eigenvalue weighted by Gasteiger charge is 2.70.